The number of ether oxygens (including phenoxy) is 1. The summed E-state index contributed by atoms with van der Waals surface area (Å²) in [7, 11) is 3.56. The Kier molecular flexibility index (Phi) is 3.31. The van der Waals surface area contributed by atoms with Gasteiger partial charge in [0.2, 0.25) is 0 Å². The summed E-state index contributed by atoms with van der Waals surface area (Å²) in [4.78, 5) is 0. The van der Waals surface area contributed by atoms with Crippen LogP contribution in [0.15, 0.2) is 0 Å². The Morgan fingerprint density at radius 3 is 2.77 bits per heavy atom. The highest BCUT2D eigenvalue weighted by Crippen LogP contribution is 2.16. The van der Waals surface area contributed by atoms with Crippen molar-refractivity contribution in [3.63, 3.8) is 0 Å². The Morgan fingerprint density at radius 2 is 2.23 bits per heavy atom. The van der Waals surface area contributed by atoms with Crippen molar-refractivity contribution < 1.29 is 4.74 Å². The second-order valence-electron chi connectivity index (χ2n) is 3.03. The van der Waals surface area contributed by atoms with Crippen LogP contribution in [-0.4, -0.2) is 23.5 Å². The number of methoxy groups -OCH3 is 1. The average molecular weight is 183 g/mol. The average Bonchev–Trinajstić information content (AvgIpc) is 2.39. The minimum absolute atomic E-state index is 0.698. The largest absolute Gasteiger partial charge is 0.384 e. The van der Waals surface area contributed by atoms with Gasteiger partial charge in [0.05, 0.1) is 12.3 Å². The lowest BCUT2D eigenvalue weighted by Gasteiger charge is -1.98. The molecule has 0 amide bonds. The molecule has 13 heavy (non-hydrogen) atoms. The number of nitrogens with zero attached hydrogens (tertiary/aromatic N) is 2. The summed E-state index contributed by atoms with van der Waals surface area (Å²) in [5.74, 6) is 0.772. The number of hydrogen-bond donors (Lipinski definition) is 1. The molecule has 0 bridgehead atoms. The summed E-state index contributed by atoms with van der Waals surface area (Å²) in [5, 5.41) is 4.33. The number of hydrogen-bond acceptors (Lipinski definition) is 3. The molecule has 0 saturated carbocycles. The van der Waals surface area contributed by atoms with Gasteiger partial charge in [-0.15, -0.1) is 0 Å². The Balaban J connectivity index is 2.86. The number of rotatable bonds is 4. The SMILES string of the molecule is CCc1c(CCOC)nn(C)c1N. The fourth-order valence-electron chi connectivity index (χ4n) is 1.42. The molecule has 0 aliphatic rings. The third kappa shape index (κ3) is 2.01. The Labute approximate surface area is 78.7 Å². The molecule has 74 valence electrons. The summed E-state index contributed by atoms with van der Waals surface area (Å²) in [6, 6.07) is 0. The summed E-state index contributed by atoms with van der Waals surface area (Å²) in [6.07, 6.45) is 1.77. The van der Waals surface area contributed by atoms with Gasteiger partial charge < -0.3 is 10.5 Å². The third-order valence-electron chi connectivity index (χ3n) is 2.17. The van der Waals surface area contributed by atoms with E-state index >= 15 is 0 Å². The van der Waals surface area contributed by atoms with Crippen LogP contribution in [-0.2, 0) is 24.6 Å². The van der Waals surface area contributed by atoms with Gasteiger partial charge >= 0.3 is 0 Å². The van der Waals surface area contributed by atoms with Crippen LogP contribution in [0.2, 0.25) is 0 Å². The minimum Gasteiger partial charge on any atom is -0.384 e. The highest BCUT2D eigenvalue weighted by molar-refractivity contribution is 5.43. The molecule has 2 N–H and O–H groups in total. The molecule has 0 saturated heterocycles. The Morgan fingerprint density at radius 1 is 1.54 bits per heavy atom. The van der Waals surface area contributed by atoms with Crippen molar-refractivity contribution >= 4 is 5.82 Å². The van der Waals surface area contributed by atoms with Crippen LogP contribution in [0.4, 0.5) is 5.82 Å². The number of nitrogens with two attached hydrogens (primary N) is 1. The van der Waals surface area contributed by atoms with E-state index in [2.05, 4.69) is 12.0 Å². The van der Waals surface area contributed by atoms with Crippen molar-refractivity contribution in [2.24, 2.45) is 7.05 Å². The number of nitrogen functional groups attached to an aromatic ring is 1. The first-order valence-corrected chi connectivity index (χ1v) is 4.49. The zero-order valence-corrected chi connectivity index (χ0v) is 8.50. The van der Waals surface area contributed by atoms with Crippen LogP contribution >= 0.6 is 0 Å². The van der Waals surface area contributed by atoms with E-state index in [4.69, 9.17) is 10.5 Å². The maximum atomic E-state index is 5.85. The van der Waals surface area contributed by atoms with Crippen molar-refractivity contribution in [2.75, 3.05) is 19.5 Å². The number of anilines is 1. The van der Waals surface area contributed by atoms with Gasteiger partial charge in [0.15, 0.2) is 0 Å². The van der Waals surface area contributed by atoms with Crippen LogP contribution in [0.1, 0.15) is 18.2 Å². The van der Waals surface area contributed by atoms with E-state index in [0.29, 0.717) is 6.61 Å². The first-order chi connectivity index (χ1) is 6.20. The first-order valence-electron chi connectivity index (χ1n) is 4.49. The Hall–Kier alpha value is -1.03. The minimum atomic E-state index is 0.698. The molecule has 0 spiro atoms. The summed E-state index contributed by atoms with van der Waals surface area (Å²) in [6.45, 7) is 2.78. The van der Waals surface area contributed by atoms with Crippen LogP contribution in [0.25, 0.3) is 0 Å². The fourth-order valence-corrected chi connectivity index (χ4v) is 1.42. The van der Waals surface area contributed by atoms with Gasteiger partial charge in [-0.1, -0.05) is 6.92 Å². The molecule has 0 radical (unpaired) electrons. The number of aryl methyl sites for hydroxylation is 1. The lowest BCUT2D eigenvalue weighted by Crippen LogP contribution is -1.98. The lowest BCUT2D eigenvalue weighted by atomic mass is 10.1. The van der Waals surface area contributed by atoms with Gasteiger partial charge in [-0.3, -0.25) is 4.68 Å². The summed E-state index contributed by atoms with van der Waals surface area (Å²) < 4.78 is 6.73. The molecule has 0 fully saturated rings. The monoisotopic (exact) mass is 183 g/mol. The maximum absolute atomic E-state index is 5.85. The second kappa shape index (κ2) is 4.28. The highest BCUT2D eigenvalue weighted by atomic mass is 16.5. The zero-order valence-electron chi connectivity index (χ0n) is 8.50. The third-order valence-corrected chi connectivity index (χ3v) is 2.17. The molecule has 4 nitrogen and oxygen atoms in total. The van der Waals surface area contributed by atoms with Crippen LogP contribution in [0.5, 0.6) is 0 Å². The molecule has 0 aliphatic heterocycles. The molecule has 0 atom stereocenters. The van der Waals surface area contributed by atoms with Gasteiger partial charge in [0, 0.05) is 26.1 Å². The molecule has 0 aliphatic carbocycles. The smallest absolute Gasteiger partial charge is 0.124 e. The van der Waals surface area contributed by atoms with Gasteiger partial charge in [-0.2, -0.15) is 5.10 Å². The quantitative estimate of drug-likeness (QED) is 0.749. The highest BCUT2D eigenvalue weighted by Gasteiger charge is 2.10. The second-order valence-corrected chi connectivity index (χ2v) is 3.03. The van der Waals surface area contributed by atoms with E-state index in [9.17, 15) is 0 Å². The summed E-state index contributed by atoms with van der Waals surface area (Å²) in [5.41, 5.74) is 8.06. The predicted octanol–water partition coefficient (Wildman–Crippen LogP) is 0.754. The molecule has 0 unspecified atom stereocenters. The normalized spacial score (nSPS) is 10.7. The summed E-state index contributed by atoms with van der Waals surface area (Å²) >= 11 is 0. The topological polar surface area (TPSA) is 53.1 Å². The molecule has 4 heteroatoms. The Bertz CT molecular complexity index is 281. The van der Waals surface area contributed by atoms with Gasteiger partial charge in [-0.25, -0.2) is 0 Å². The molecule has 1 aromatic heterocycles. The van der Waals surface area contributed by atoms with Crippen LogP contribution in [0, 0.1) is 0 Å². The van der Waals surface area contributed by atoms with Crippen molar-refractivity contribution in [1.82, 2.24) is 9.78 Å². The van der Waals surface area contributed by atoms with Crippen molar-refractivity contribution in [1.29, 1.82) is 0 Å². The van der Waals surface area contributed by atoms with E-state index in [0.717, 1.165) is 29.9 Å². The molecule has 0 aromatic carbocycles. The maximum Gasteiger partial charge on any atom is 0.124 e. The van der Waals surface area contributed by atoms with Crippen molar-refractivity contribution in [2.45, 2.75) is 19.8 Å². The van der Waals surface area contributed by atoms with E-state index in [1.54, 1.807) is 11.8 Å². The molecular weight excluding hydrogens is 166 g/mol. The van der Waals surface area contributed by atoms with Crippen LogP contribution in [0.3, 0.4) is 0 Å². The van der Waals surface area contributed by atoms with E-state index in [1.165, 1.54) is 0 Å². The van der Waals surface area contributed by atoms with Gasteiger partial charge in [0.1, 0.15) is 5.82 Å². The van der Waals surface area contributed by atoms with Crippen molar-refractivity contribution in [3.8, 4) is 0 Å². The van der Waals surface area contributed by atoms with Gasteiger partial charge in [0.25, 0.3) is 0 Å². The molecule has 1 aromatic rings. The first kappa shape index (κ1) is 10.1. The van der Waals surface area contributed by atoms with E-state index < -0.39 is 0 Å². The van der Waals surface area contributed by atoms with E-state index in [1.807, 2.05) is 7.05 Å². The zero-order chi connectivity index (χ0) is 9.84. The molecule has 1 heterocycles. The molecular formula is C9H17N3O. The van der Waals surface area contributed by atoms with E-state index in [-0.39, 0.29) is 0 Å². The molecule has 1 rings (SSSR count). The van der Waals surface area contributed by atoms with Gasteiger partial charge in [-0.05, 0) is 6.42 Å². The standard InChI is InChI=1S/C9H17N3O/c1-4-7-8(5-6-13-3)11-12(2)9(7)10/h4-6,10H2,1-3H3. The predicted molar refractivity (Wildman–Crippen MR) is 52.6 cm³/mol. The number of aromatic nitrogens is 2. The fraction of sp³-hybridized carbons (Fsp3) is 0.667. The van der Waals surface area contributed by atoms with Crippen LogP contribution < -0.4 is 5.73 Å². The lowest BCUT2D eigenvalue weighted by molar-refractivity contribution is 0.201. The van der Waals surface area contributed by atoms with Crippen molar-refractivity contribution in [3.05, 3.63) is 11.3 Å².